The second-order valence-electron chi connectivity index (χ2n) is 7.34. The third-order valence-corrected chi connectivity index (χ3v) is 5.84. The molecule has 31 heavy (non-hydrogen) atoms. The minimum Gasteiger partial charge on any atom is -0.490 e. The van der Waals surface area contributed by atoms with Gasteiger partial charge in [-0.15, -0.1) is 0 Å². The summed E-state index contributed by atoms with van der Waals surface area (Å²) in [6.45, 7) is 2.42. The van der Waals surface area contributed by atoms with Gasteiger partial charge in [0.15, 0.2) is 11.3 Å². The molecule has 0 saturated heterocycles. The van der Waals surface area contributed by atoms with E-state index in [-0.39, 0.29) is 39.9 Å². The van der Waals surface area contributed by atoms with E-state index >= 15 is 0 Å². The molecule has 0 aliphatic rings. The number of unbranched alkanes of at least 4 members (excludes halogenated alkanes) is 5. The van der Waals surface area contributed by atoms with Crippen LogP contribution in [-0.2, 0) is 10.1 Å². The number of ether oxygens (including phenoxy) is 1. The van der Waals surface area contributed by atoms with Crippen LogP contribution in [0.1, 0.15) is 55.8 Å². The molecule has 2 N–H and O–H groups in total. The Labute approximate surface area is 179 Å². The number of fused-ring (bicyclic) bond motifs is 2. The lowest BCUT2D eigenvalue weighted by Crippen LogP contribution is -2.08. The lowest BCUT2D eigenvalue weighted by molar-refractivity contribution is 0.0697. The highest BCUT2D eigenvalue weighted by molar-refractivity contribution is 7.85. The van der Waals surface area contributed by atoms with E-state index in [1.165, 1.54) is 24.6 Å². The minimum atomic E-state index is -4.61. The van der Waals surface area contributed by atoms with Crippen LogP contribution < -0.4 is 10.2 Å². The van der Waals surface area contributed by atoms with Crippen LogP contribution in [0.4, 0.5) is 0 Å². The number of carboxylic acids is 1. The SMILES string of the molecule is CCCCCCCCOc1cc(S(=O)(=O)O)cc2c(=O)c3cc(C(=O)O)ccc3oc12. The molecule has 0 spiro atoms. The molecule has 0 fully saturated rings. The quantitative estimate of drug-likeness (QED) is 0.261. The number of hydrogen-bond donors (Lipinski definition) is 2. The number of carbonyl (C=O) groups is 1. The topological polar surface area (TPSA) is 131 Å². The Morgan fingerprint density at radius 2 is 1.74 bits per heavy atom. The molecule has 2 aromatic carbocycles. The van der Waals surface area contributed by atoms with Gasteiger partial charge >= 0.3 is 5.97 Å². The number of hydrogen-bond acceptors (Lipinski definition) is 6. The molecule has 0 radical (unpaired) electrons. The highest BCUT2D eigenvalue weighted by Crippen LogP contribution is 2.31. The van der Waals surface area contributed by atoms with Crippen LogP contribution in [0.25, 0.3) is 21.9 Å². The van der Waals surface area contributed by atoms with Crippen molar-refractivity contribution in [1.82, 2.24) is 0 Å². The summed E-state index contributed by atoms with van der Waals surface area (Å²) in [7, 11) is -4.61. The van der Waals surface area contributed by atoms with Crippen LogP contribution in [0.3, 0.4) is 0 Å². The second-order valence-corrected chi connectivity index (χ2v) is 8.76. The van der Waals surface area contributed by atoms with E-state index in [0.29, 0.717) is 0 Å². The molecular weight excluding hydrogens is 424 g/mol. The molecular formula is C22H24O8S. The Bertz CT molecular complexity index is 1270. The van der Waals surface area contributed by atoms with Gasteiger partial charge in [-0.05, 0) is 30.7 Å². The average Bonchev–Trinajstić information content (AvgIpc) is 2.72. The molecule has 0 saturated carbocycles. The van der Waals surface area contributed by atoms with Gasteiger partial charge in [-0.1, -0.05) is 39.0 Å². The van der Waals surface area contributed by atoms with Gasteiger partial charge in [0.25, 0.3) is 10.1 Å². The third-order valence-electron chi connectivity index (χ3n) is 5.01. The molecule has 0 atom stereocenters. The highest BCUT2D eigenvalue weighted by Gasteiger charge is 2.20. The van der Waals surface area contributed by atoms with Crippen molar-refractivity contribution in [3.05, 3.63) is 46.1 Å². The standard InChI is InChI=1S/C22H24O8S/c1-2-3-4-5-6-7-10-29-19-13-15(31(26,27)28)12-17-20(23)16-11-14(22(24)25)8-9-18(16)30-21(17)19/h8-9,11-13H,2-7,10H2,1H3,(H,24,25)(H,26,27,28). The van der Waals surface area contributed by atoms with Crippen molar-refractivity contribution in [3.63, 3.8) is 0 Å². The summed E-state index contributed by atoms with van der Waals surface area (Å²) < 4.78 is 44.4. The van der Waals surface area contributed by atoms with Gasteiger partial charge in [0.05, 0.1) is 27.8 Å². The summed E-state index contributed by atoms with van der Waals surface area (Å²) in [4.78, 5) is 23.7. The fourth-order valence-electron chi connectivity index (χ4n) is 3.36. The maximum atomic E-state index is 13.0. The smallest absolute Gasteiger partial charge is 0.335 e. The zero-order valence-electron chi connectivity index (χ0n) is 17.1. The van der Waals surface area contributed by atoms with Crippen molar-refractivity contribution in [2.24, 2.45) is 0 Å². The van der Waals surface area contributed by atoms with E-state index in [1.54, 1.807) is 0 Å². The zero-order chi connectivity index (χ0) is 22.6. The largest absolute Gasteiger partial charge is 0.490 e. The highest BCUT2D eigenvalue weighted by atomic mass is 32.2. The van der Waals surface area contributed by atoms with E-state index in [2.05, 4.69) is 6.92 Å². The van der Waals surface area contributed by atoms with Gasteiger partial charge in [0.1, 0.15) is 5.58 Å². The van der Waals surface area contributed by atoms with Crippen molar-refractivity contribution >= 4 is 38.0 Å². The fraction of sp³-hybridized carbons (Fsp3) is 0.364. The summed E-state index contributed by atoms with van der Waals surface area (Å²) in [5.74, 6) is -1.18. The van der Waals surface area contributed by atoms with Crippen LogP contribution in [0.5, 0.6) is 5.75 Å². The molecule has 1 aromatic heterocycles. The van der Waals surface area contributed by atoms with Crippen molar-refractivity contribution in [2.75, 3.05) is 6.61 Å². The monoisotopic (exact) mass is 448 g/mol. The lowest BCUT2D eigenvalue weighted by atomic mass is 10.1. The fourth-order valence-corrected chi connectivity index (χ4v) is 3.88. The van der Waals surface area contributed by atoms with Crippen molar-refractivity contribution in [2.45, 2.75) is 50.3 Å². The van der Waals surface area contributed by atoms with Crippen LogP contribution in [-0.4, -0.2) is 30.7 Å². The summed E-state index contributed by atoms with van der Waals surface area (Å²) in [6, 6.07) is 5.96. The van der Waals surface area contributed by atoms with Gasteiger partial charge < -0.3 is 14.3 Å². The first-order chi connectivity index (χ1) is 14.7. The molecule has 166 valence electrons. The summed E-state index contributed by atoms with van der Waals surface area (Å²) in [6.07, 6.45) is 6.20. The minimum absolute atomic E-state index is 0.0123. The van der Waals surface area contributed by atoms with Gasteiger partial charge in [0, 0.05) is 6.07 Å². The molecule has 3 rings (SSSR count). The van der Waals surface area contributed by atoms with Crippen LogP contribution in [0, 0.1) is 0 Å². The van der Waals surface area contributed by atoms with Crippen LogP contribution in [0.15, 0.2) is 44.4 Å². The third kappa shape index (κ3) is 5.23. The predicted molar refractivity (Wildman–Crippen MR) is 116 cm³/mol. The van der Waals surface area contributed by atoms with Gasteiger partial charge in [0.2, 0.25) is 5.43 Å². The Kier molecular flexibility index (Phi) is 6.97. The lowest BCUT2D eigenvalue weighted by Gasteiger charge is -2.11. The molecule has 8 nitrogen and oxygen atoms in total. The molecule has 9 heteroatoms. The first-order valence-corrected chi connectivity index (χ1v) is 11.5. The molecule has 0 bridgehead atoms. The van der Waals surface area contributed by atoms with Crippen molar-refractivity contribution in [1.29, 1.82) is 0 Å². The van der Waals surface area contributed by atoms with E-state index in [4.69, 9.17) is 14.3 Å². The number of benzene rings is 2. The van der Waals surface area contributed by atoms with E-state index in [1.807, 2.05) is 0 Å². The average molecular weight is 448 g/mol. The number of aromatic carboxylic acids is 1. The summed E-state index contributed by atoms with van der Waals surface area (Å²) in [5.41, 5.74) is -0.538. The van der Waals surface area contributed by atoms with E-state index in [9.17, 15) is 22.6 Å². The maximum absolute atomic E-state index is 13.0. The first kappa shape index (κ1) is 22.8. The van der Waals surface area contributed by atoms with Crippen LogP contribution >= 0.6 is 0 Å². The summed E-state index contributed by atoms with van der Waals surface area (Å²) in [5, 5.41) is 9.03. The first-order valence-electron chi connectivity index (χ1n) is 10.1. The Hall–Kier alpha value is -2.91. The molecule has 0 aliphatic heterocycles. The Balaban J connectivity index is 2.03. The van der Waals surface area contributed by atoms with Gasteiger partial charge in [-0.3, -0.25) is 9.35 Å². The molecule has 1 heterocycles. The number of rotatable bonds is 10. The second kappa shape index (κ2) is 9.49. The molecule has 3 aromatic rings. The van der Waals surface area contributed by atoms with E-state index < -0.39 is 26.4 Å². The van der Waals surface area contributed by atoms with Crippen molar-refractivity contribution in [3.8, 4) is 5.75 Å². The predicted octanol–water partition coefficient (Wildman–Crippen LogP) is 4.63. The van der Waals surface area contributed by atoms with Gasteiger partial charge in [-0.25, -0.2) is 4.79 Å². The Morgan fingerprint density at radius 3 is 2.42 bits per heavy atom. The Morgan fingerprint density at radius 1 is 1.03 bits per heavy atom. The zero-order valence-corrected chi connectivity index (χ0v) is 17.9. The van der Waals surface area contributed by atoms with Crippen molar-refractivity contribution < 1.29 is 32.0 Å². The summed E-state index contributed by atoms with van der Waals surface area (Å²) >= 11 is 0. The van der Waals surface area contributed by atoms with Gasteiger partial charge in [-0.2, -0.15) is 8.42 Å². The maximum Gasteiger partial charge on any atom is 0.335 e. The normalized spacial score (nSPS) is 11.8. The molecule has 0 aliphatic carbocycles. The molecule has 0 amide bonds. The van der Waals surface area contributed by atoms with Crippen LogP contribution in [0.2, 0.25) is 0 Å². The van der Waals surface area contributed by atoms with E-state index in [0.717, 1.165) is 44.2 Å². The molecule has 0 unspecified atom stereocenters. The number of carboxylic acid groups (broad SMARTS) is 1.